The molecule has 0 amide bonds. The third kappa shape index (κ3) is 1.25. The first-order valence-electron chi connectivity index (χ1n) is 4.45. The molecule has 0 unspecified atom stereocenters. The molecule has 0 aliphatic heterocycles. The third-order valence-corrected chi connectivity index (χ3v) is 3.23. The quantitative estimate of drug-likeness (QED) is 0.747. The van der Waals surface area contributed by atoms with Crippen molar-refractivity contribution in [2.24, 2.45) is 0 Å². The number of nitrogens with zero attached hydrogens (tertiary/aromatic N) is 3. The van der Waals surface area contributed by atoms with Crippen LogP contribution in [-0.2, 0) is 0 Å². The molecule has 14 heavy (non-hydrogen) atoms. The molecule has 5 heteroatoms. The van der Waals surface area contributed by atoms with Crippen LogP contribution in [0.25, 0.3) is 5.65 Å². The highest BCUT2D eigenvalue weighted by atomic mass is 79.9. The van der Waals surface area contributed by atoms with Gasteiger partial charge in [0.2, 0.25) is 0 Å². The van der Waals surface area contributed by atoms with Crippen LogP contribution in [0.3, 0.4) is 0 Å². The summed E-state index contributed by atoms with van der Waals surface area (Å²) in [6, 6.07) is 1.91. The minimum atomic E-state index is 0.610. The molecule has 0 saturated heterocycles. The molecule has 3 rings (SSSR count). The van der Waals surface area contributed by atoms with Crippen LogP contribution in [0, 0.1) is 0 Å². The lowest BCUT2D eigenvalue weighted by atomic mass is 10.3. The Morgan fingerprint density at radius 3 is 3.00 bits per heavy atom. The van der Waals surface area contributed by atoms with Gasteiger partial charge in [-0.1, -0.05) is 11.6 Å². The summed E-state index contributed by atoms with van der Waals surface area (Å²) in [6.45, 7) is 0. The Balaban J connectivity index is 2.30. The number of halogens is 2. The number of fused-ring (bicyclic) bond motifs is 1. The van der Waals surface area contributed by atoms with Gasteiger partial charge in [0.1, 0.15) is 5.15 Å². The smallest absolute Gasteiger partial charge is 0.171 e. The maximum atomic E-state index is 6.09. The SMILES string of the molecule is Clc1cc(C2CC2)nc2c(Br)cnn12. The zero-order chi connectivity index (χ0) is 9.71. The van der Waals surface area contributed by atoms with Crippen molar-refractivity contribution in [3.05, 3.63) is 27.6 Å². The summed E-state index contributed by atoms with van der Waals surface area (Å²) in [4.78, 5) is 4.53. The zero-order valence-electron chi connectivity index (χ0n) is 7.24. The van der Waals surface area contributed by atoms with Gasteiger partial charge in [0.05, 0.1) is 10.7 Å². The lowest BCUT2D eigenvalue weighted by molar-refractivity contribution is 0.909. The maximum Gasteiger partial charge on any atom is 0.171 e. The van der Waals surface area contributed by atoms with E-state index in [1.807, 2.05) is 6.07 Å². The topological polar surface area (TPSA) is 30.2 Å². The van der Waals surface area contributed by atoms with Crippen molar-refractivity contribution in [1.29, 1.82) is 0 Å². The summed E-state index contributed by atoms with van der Waals surface area (Å²) in [7, 11) is 0. The normalized spacial score (nSPS) is 16.4. The Morgan fingerprint density at radius 2 is 2.29 bits per heavy atom. The Bertz CT molecular complexity index is 504. The number of rotatable bonds is 1. The van der Waals surface area contributed by atoms with Crippen LogP contribution in [0.15, 0.2) is 16.7 Å². The van der Waals surface area contributed by atoms with Crippen LogP contribution >= 0.6 is 27.5 Å². The first-order valence-corrected chi connectivity index (χ1v) is 5.62. The lowest BCUT2D eigenvalue weighted by Crippen LogP contribution is -1.96. The van der Waals surface area contributed by atoms with E-state index in [2.05, 4.69) is 26.0 Å². The van der Waals surface area contributed by atoms with Crippen molar-refractivity contribution in [3.63, 3.8) is 0 Å². The molecule has 1 aliphatic rings. The molecule has 3 nitrogen and oxygen atoms in total. The predicted octanol–water partition coefficient (Wildman–Crippen LogP) is 3.02. The molecule has 0 radical (unpaired) electrons. The monoisotopic (exact) mass is 271 g/mol. The fraction of sp³-hybridized carbons (Fsp3) is 0.333. The van der Waals surface area contributed by atoms with Gasteiger partial charge in [-0.3, -0.25) is 0 Å². The molecule has 2 heterocycles. The lowest BCUT2D eigenvalue weighted by Gasteiger charge is -2.01. The highest BCUT2D eigenvalue weighted by molar-refractivity contribution is 9.10. The molecule has 1 saturated carbocycles. The van der Waals surface area contributed by atoms with E-state index in [1.54, 1.807) is 10.7 Å². The average molecular weight is 273 g/mol. The summed E-state index contributed by atoms with van der Waals surface area (Å²) in [5.41, 5.74) is 1.89. The average Bonchev–Trinajstić information content (AvgIpc) is 2.93. The third-order valence-electron chi connectivity index (χ3n) is 2.40. The highest BCUT2D eigenvalue weighted by Crippen LogP contribution is 2.40. The Labute approximate surface area is 94.2 Å². The van der Waals surface area contributed by atoms with Gasteiger partial charge in [0.25, 0.3) is 0 Å². The first-order chi connectivity index (χ1) is 6.75. The van der Waals surface area contributed by atoms with Crippen molar-refractivity contribution in [1.82, 2.24) is 14.6 Å². The Kier molecular flexibility index (Phi) is 1.82. The Morgan fingerprint density at radius 1 is 1.50 bits per heavy atom. The largest absolute Gasteiger partial charge is 0.232 e. The van der Waals surface area contributed by atoms with Crippen LogP contribution < -0.4 is 0 Å². The van der Waals surface area contributed by atoms with E-state index < -0.39 is 0 Å². The fourth-order valence-corrected chi connectivity index (χ4v) is 2.09. The summed E-state index contributed by atoms with van der Waals surface area (Å²) < 4.78 is 2.53. The van der Waals surface area contributed by atoms with Gasteiger partial charge < -0.3 is 0 Å². The second-order valence-corrected chi connectivity index (χ2v) is 4.75. The van der Waals surface area contributed by atoms with Crippen molar-refractivity contribution < 1.29 is 0 Å². The predicted molar refractivity (Wildman–Crippen MR) is 57.7 cm³/mol. The van der Waals surface area contributed by atoms with Gasteiger partial charge in [0.15, 0.2) is 5.65 Å². The Hall–Kier alpha value is -0.610. The summed E-state index contributed by atoms with van der Waals surface area (Å²) in [6.07, 6.45) is 4.17. The van der Waals surface area contributed by atoms with Crippen LogP contribution in [0.4, 0.5) is 0 Å². The van der Waals surface area contributed by atoms with Gasteiger partial charge in [-0.15, -0.1) is 0 Å². The molecule has 72 valence electrons. The van der Waals surface area contributed by atoms with Crippen LogP contribution in [0.1, 0.15) is 24.5 Å². The molecule has 1 fully saturated rings. The van der Waals surface area contributed by atoms with E-state index in [1.165, 1.54) is 12.8 Å². The van der Waals surface area contributed by atoms with E-state index in [-0.39, 0.29) is 0 Å². The van der Waals surface area contributed by atoms with Gasteiger partial charge in [-0.2, -0.15) is 5.10 Å². The molecule has 0 aromatic carbocycles. The molecular formula is C9H7BrClN3. The van der Waals surface area contributed by atoms with E-state index in [0.29, 0.717) is 11.1 Å². The van der Waals surface area contributed by atoms with Gasteiger partial charge in [-0.25, -0.2) is 9.50 Å². The fourth-order valence-electron chi connectivity index (χ4n) is 1.51. The molecule has 0 bridgehead atoms. The van der Waals surface area contributed by atoms with Crippen LogP contribution in [0.2, 0.25) is 5.15 Å². The molecule has 2 aromatic heterocycles. The second-order valence-electron chi connectivity index (χ2n) is 3.51. The van der Waals surface area contributed by atoms with E-state index in [9.17, 15) is 0 Å². The minimum absolute atomic E-state index is 0.610. The van der Waals surface area contributed by atoms with Gasteiger partial charge in [-0.05, 0) is 34.8 Å². The number of hydrogen-bond donors (Lipinski definition) is 0. The molecule has 1 aliphatic carbocycles. The van der Waals surface area contributed by atoms with Gasteiger partial charge in [0, 0.05) is 11.6 Å². The second kappa shape index (κ2) is 2.94. The number of aromatic nitrogens is 3. The van der Waals surface area contributed by atoms with E-state index in [0.717, 1.165) is 15.8 Å². The van der Waals surface area contributed by atoms with Crippen LogP contribution in [-0.4, -0.2) is 14.6 Å². The van der Waals surface area contributed by atoms with E-state index in [4.69, 9.17) is 11.6 Å². The minimum Gasteiger partial charge on any atom is -0.232 e. The van der Waals surface area contributed by atoms with E-state index >= 15 is 0 Å². The zero-order valence-corrected chi connectivity index (χ0v) is 9.59. The molecule has 0 N–H and O–H groups in total. The standard InChI is InChI=1S/C9H7BrClN3/c10-6-4-12-14-8(11)3-7(5-1-2-5)13-9(6)14/h3-5H,1-2H2. The molecule has 0 spiro atoms. The van der Waals surface area contributed by atoms with Crippen molar-refractivity contribution in [2.45, 2.75) is 18.8 Å². The molecule has 2 aromatic rings. The highest BCUT2D eigenvalue weighted by Gasteiger charge is 2.26. The summed E-state index contributed by atoms with van der Waals surface area (Å²) in [5, 5.41) is 4.74. The van der Waals surface area contributed by atoms with Crippen molar-refractivity contribution in [2.75, 3.05) is 0 Å². The van der Waals surface area contributed by atoms with Crippen LogP contribution in [0.5, 0.6) is 0 Å². The maximum absolute atomic E-state index is 6.09. The van der Waals surface area contributed by atoms with Gasteiger partial charge >= 0.3 is 0 Å². The molecule has 0 atom stereocenters. The first kappa shape index (κ1) is 8.68. The summed E-state index contributed by atoms with van der Waals surface area (Å²) >= 11 is 9.49. The van der Waals surface area contributed by atoms with Crippen molar-refractivity contribution in [3.8, 4) is 0 Å². The summed E-state index contributed by atoms with van der Waals surface area (Å²) in [5.74, 6) is 0.610. The number of hydrogen-bond acceptors (Lipinski definition) is 2. The van der Waals surface area contributed by atoms with Crippen molar-refractivity contribution >= 4 is 33.2 Å². The molecular weight excluding hydrogens is 265 g/mol.